The van der Waals surface area contributed by atoms with Crippen molar-refractivity contribution in [3.05, 3.63) is 59.5 Å². The lowest BCUT2D eigenvalue weighted by molar-refractivity contribution is -0.126. The largest absolute Gasteiger partial charge is 0.357 e. The molecule has 1 aliphatic carbocycles. The molecule has 0 radical (unpaired) electrons. The van der Waals surface area contributed by atoms with Crippen LogP contribution in [0.4, 0.5) is 10.2 Å². The third-order valence-corrected chi connectivity index (χ3v) is 5.62. The van der Waals surface area contributed by atoms with E-state index in [-0.39, 0.29) is 11.7 Å². The Balaban J connectivity index is 1.70. The molecule has 5 heteroatoms. The first-order chi connectivity index (χ1) is 13.1. The van der Waals surface area contributed by atoms with Gasteiger partial charge in [0.05, 0.1) is 5.41 Å². The Bertz CT molecular complexity index is 765. The van der Waals surface area contributed by atoms with Crippen molar-refractivity contribution in [3.8, 4) is 0 Å². The molecule has 4 nitrogen and oxygen atoms in total. The summed E-state index contributed by atoms with van der Waals surface area (Å²) < 4.78 is 13.7. The van der Waals surface area contributed by atoms with Gasteiger partial charge in [-0.1, -0.05) is 31.0 Å². The molecule has 1 amide bonds. The van der Waals surface area contributed by atoms with Crippen LogP contribution < -0.4 is 10.2 Å². The minimum atomic E-state index is -0.614. The highest BCUT2D eigenvalue weighted by Crippen LogP contribution is 2.41. The second kappa shape index (κ2) is 8.51. The van der Waals surface area contributed by atoms with Gasteiger partial charge in [-0.25, -0.2) is 9.37 Å². The number of nitrogens with one attached hydrogen (secondary N) is 1. The maximum absolute atomic E-state index is 13.7. The van der Waals surface area contributed by atoms with Crippen molar-refractivity contribution in [1.82, 2.24) is 10.3 Å². The van der Waals surface area contributed by atoms with Crippen LogP contribution in [0.1, 0.15) is 50.7 Å². The molecule has 27 heavy (non-hydrogen) atoms. The van der Waals surface area contributed by atoms with E-state index in [1.54, 1.807) is 6.07 Å². The monoisotopic (exact) mass is 369 g/mol. The van der Waals surface area contributed by atoms with Crippen molar-refractivity contribution in [1.29, 1.82) is 0 Å². The number of hydrogen-bond acceptors (Lipinski definition) is 3. The predicted molar refractivity (Wildman–Crippen MR) is 106 cm³/mol. The van der Waals surface area contributed by atoms with Gasteiger partial charge < -0.3 is 10.2 Å². The molecule has 0 spiro atoms. The van der Waals surface area contributed by atoms with E-state index in [9.17, 15) is 9.18 Å². The van der Waals surface area contributed by atoms with E-state index in [4.69, 9.17) is 0 Å². The van der Waals surface area contributed by atoms with Crippen LogP contribution in [0.5, 0.6) is 0 Å². The molecule has 1 aliphatic rings. The average Bonchev–Trinajstić information content (AvgIpc) is 3.19. The number of rotatable bonds is 7. The van der Waals surface area contributed by atoms with Crippen LogP contribution in [0.15, 0.2) is 42.6 Å². The van der Waals surface area contributed by atoms with Gasteiger partial charge in [-0.15, -0.1) is 0 Å². The number of carbonyl (C=O) groups is 1. The lowest BCUT2D eigenvalue weighted by Crippen LogP contribution is -2.42. The second-order valence-corrected chi connectivity index (χ2v) is 7.18. The Hall–Kier alpha value is -2.43. The van der Waals surface area contributed by atoms with E-state index < -0.39 is 5.41 Å². The number of nitrogens with zero attached hydrogens (tertiary/aromatic N) is 2. The standard InChI is InChI=1S/C22H28FN3O/c1-3-26(4-2)20-11-10-17(15-24-20)16-25-21(27)22(12-5-6-13-22)18-8-7-9-19(23)14-18/h7-11,14-15H,3-6,12-13,16H2,1-2H3,(H,25,27). The topological polar surface area (TPSA) is 45.2 Å². The highest BCUT2D eigenvalue weighted by molar-refractivity contribution is 5.88. The zero-order valence-electron chi connectivity index (χ0n) is 16.2. The number of aromatic nitrogens is 1. The van der Waals surface area contributed by atoms with E-state index in [0.717, 1.165) is 55.7 Å². The molecule has 1 aromatic carbocycles. The molecular weight excluding hydrogens is 341 g/mol. The lowest BCUT2D eigenvalue weighted by Gasteiger charge is -2.28. The third-order valence-electron chi connectivity index (χ3n) is 5.62. The summed E-state index contributed by atoms with van der Waals surface area (Å²) in [5.41, 5.74) is 1.13. The minimum Gasteiger partial charge on any atom is -0.357 e. The number of carbonyl (C=O) groups excluding carboxylic acids is 1. The first-order valence-corrected chi connectivity index (χ1v) is 9.83. The summed E-state index contributed by atoms with van der Waals surface area (Å²) in [4.78, 5) is 19.7. The number of anilines is 1. The molecule has 0 bridgehead atoms. The van der Waals surface area contributed by atoms with E-state index in [1.807, 2.05) is 24.4 Å². The molecule has 0 unspecified atom stereocenters. The van der Waals surface area contributed by atoms with Crippen LogP contribution in [-0.2, 0) is 16.8 Å². The predicted octanol–water partition coefficient (Wildman–Crippen LogP) is 4.20. The van der Waals surface area contributed by atoms with Crippen LogP contribution in [-0.4, -0.2) is 24.0 Å². The quantitative estimate of drug-likeness (QED) is 0.796. The zero-order valence-corrected chi connectivity index (χ0v) is 16.2. The Kier molecular flexibility index (Phi) is 6.09. The van der Waals surface area contributed by atoms with Gasteiger partial charge in [0.1, 0.15) is 11.6 Å². The van der Waals surface area contributed by atoms with E-state index in [2.05, 4.69) is 29.0 Å². The molecule has 0 atom stereocenters. The highest BCUT2D eigenvalue weighted by atomic mass is 19.1. The first kappa shape index (κ1) is 19.3. The van der Waals surface area contributed by atoms with Gasteiger partial charge in [0.2, 0.25) is 5.91 Å². The Labute approximate surface area is 160 Å². The molecule has 1 saturated carbocycles. The maximum atomic E-state index is 13.7. The van der Waals surface area contributed by atoms with Gasteiger partial charge in [0.25, 0.3) is 0 Å². The number of amides is 1. The van der Waals surface area contributed by atoms with Crippen LogP contribution in [0.3, 0.4) is 0 Å². The molecule has 1 heterocycles. The summed E-state index contributed by atoms with van der Waals surface area (Å²) in [6.07, 6.45) is 5.33. The van der Waals surface area contributed by atoms with Gasteiger partial charge >= 0.3 is 0 Å². The second-order valence-electron chi connectivity index (χ2n) is 7.18. The van der Waals surface area contributed by atoms with Gasteiger partial charge in [0, 0.05) is 25.8 Å². The summed E-state index contributed by atoms with van der Waals surface area (Å²) in [5.74, 6) is 0.642. The fourth-order valence-electron chi connectivity index (χ4n) is 4.02. The van der Waals surface area contributed by atoms with Crippen LogP contribution in [0, 0.1) is 5.82 Å². The number of hydrogen-bond donors (Lipinski definition) is 1. The first-order valence-electron chi connectivity index (χ1n) is 9.83. The Morgan fingerprint density at radius 2 is 1.93 bits per heavy atom. The molecule has 0 aliphatic heterocycles. The highest BCUT2D eigenvalue weighted by Gasteiger charge is 2.42. The molecule has 2 aromatic rings. The van der Waals surface area contributed by atoms with E-state index >= 15 is 0 Å². The van der Waals surface area contributed by atoms with E-state index in [0.29, 0.717) is 6.54 Å². The Morgan fingerprint density at radius 3 is 2.52 bits per heavy atom. The van der Waals surface area contributed by atoms with Crippen LogP contribution in [0.25, 0.3) is 0 Å². The van der Waals surface area contributed by atoms with Crippen LogP contribution in [0.2, 0.25) is 0 Å². The van der Waals surface area contributed by atoms with E-state index in [1.165, 1.54) is 12.1 Å². The smallest absolute Gasteiger partial charge is 0.230 e. The third kappa shape index (κ3) is 4.12. The van der Waals surface area contributed by atoms with Gasteiger partial charge in [-0.3, -0.25) is 4.79 Å². The average molecular weight is 369 g/mol. The van der Waals surface area contributed by atoms with Crippen molar-refractivity contribution in [2.45, 2.75) is 51.5 Å². The van der Waals surface area contributed by atoms with Crippen molar-refractivity contribution >= 4 is 11.7 Å². The molecular formula is C22H28FN3O. The van der Waals surface area contributed by atoms with Gasteiger partial charge in [-0.05, 0) is 56.0 Å². The fourth-order valence-corrected chi connectivity index (χ4v) is 4.02. The van der Waals surface area contributed by atoms with Crippen LogP contribution >= 0.6 is 0 Å². The van der Waals surface area contributed by atoms with Crippen molar-refractivity contribution in [2.75, 3.05) is 18.0 Å². The molecule has 1 N–H and O–H groups in total. The van der Waals surface area contributed by atoms with Crippen molar-refractivity contribution < 1.29 is 9.18 Å². The molecule has 144 valence electrons. The summed E-state index contributed by atoms with van der Waals surface area (Å²) in [5, 5.41) is 3.06. The number of benzene rings is 1. The van der Waals surface area contributed by atoms with Gasteiger partial charge in [0.15, 0.2) is 0 Å². The summed E-state index contributed by atoms with van der Waals surface area (Å²) in [7, 11) is 0. The Morgan fingerprint density at radius 1 is 1.19 bits per heavy atom. The molecule has 3 rings (SSSR count). The summed E-state index contributed by atoms with van der Waals surface area (Å²) in [6.45, 7) is 6.46. The molecule has 1 aromatic heterocycles. The maximum Gasteiger partial charge on any atom is 0.230 e. The number of halogens is 1. The SMILES string of the molecule is CCN(CC)c1ccc(CNC(=O)C2(c3cccc(F)c3)CCCC2)cn1. The summed E-state index contributed by atoms with van der Waals surface area (Å²) in [6, 6.07) is 10.5. The molecule has 0 saturated heterocycles. The number of pyridine rings is 1. The normalized spacial score (nSPS) is 15.5. The van der Waals surface area contributed by atoms with Crippen molar-refractivity contribution in [2.24, 2.45) is 0 Å². The van der Waals surface area contributed by atoms with Gasteiger partial charge in [-0.2, -0.15) is 0 Å². The fraction of sp³-hybridized carbons (Fsp3) is 0.455. The summed E-state index contributed by atoms with van der Waals surface area (Å²) >= 11 is 0. The zero-order chi connectivity index (χ0) is 19.3. The minimum absolute atomic E-state index is 0.0154. The van der Waals surface area contributed by atoms with Crippen molar-refractivity contribution in [3.63, 3.8) is 0 Å². The lowest BCUT2D eigenvalue weighted by atomic mass is 9.78. The molecule has 1 fully saturated rings.